The first-order valence-electron chi connectivity index (χ1n) is 8.82. The van der Waals surface area contributed by atoms with E-state index >= 15 is 0 Å². The van der Waals surface area contributed by atoms with Crippen LogP contribution in [0.4, 0.5) is 0 Å². The van der Waals surface area contributed by atoms with E-state index < -0.39 is 25.0 Å². The third kappa shape index (κ3) is 4.56. The number of hydrogen-bond donors (Lipinski definition) is 1. The standard InChI is InChI=1S/C18H32O4S2Si/c1-17(2,3)15(22-25(7)8)14-11-9-18(4,5)10-12(19)13(11)16(23-14)24(6,20)21/h12,15,19,25H,9-10H2,1-8H3. The molecule has 1 aliphatic rings. The highest BCUT2D eigenvalue weighted by molar-refractivity contribution is 7.92. The predicted molar refractivity (Wildman–Crippen MR) is 107 cm³/mol. The Morgan fingerprint density at radius 2 is 1.88 bits per heavy atom. The highest BCUT2D eigenvalue weighted by Crippen LogP contribution is 2.52. The zero-order valence-electron chi connectivity index (χ0n) is 16.6. The molecular weight excluding hydrogens is 372 g/mol. The van der Waals surface area contributed by atoms with Gasteiger partial charge in [-0.05, 0) is 42.3 Å². The van der Waals surface area contributed by atoms with Crippen LogP contribution < -0.4 is 0 Å². The molecule has 0 bridgehead atoms. The molecule has 2 rings (SSSR count). The average molecular weight is 405 g/mol. The van der Waals surface area contributed by atoms with Crippen molar-refractivity contribution < 1.29 is 18.0 Å². The van der Waals surface area contributed by atoms with Gasteiger partial charge in [0.25, 0.3) is 0 Å². The Hall–Kier alpha value is -0.213. The summed E-state index contributed by atoms with van der Waals surface area (Å²) in [5.41, 5.74) is 1.43. The molecule has 0 spiro atoms. The number of sulfone groups is 1. The number of rotatable bonds is 4. The van der Waals surface area contributed by atoms with Crippen LogP contribution in [-0.4, -0.2) is 28.8 Å². The van der Waals surface area contributed by atoms with Crippen LogP contribution in [0.2, 0.25) is 13.1 Å². The van der Waals surface area contributed by atoms with Gasteiger partial charge in [0.2, 0.25) is 0 Å². The number of fused-ring (bicyclic) bond motifs is 1. The second-order valence-corrected chi connectivity index (χ2v) is 15.0. The van der Waals surface area contributed by atoms with Gasteiger partial charge >= 0.3 is 0 Å². The minimum atomic E-state index is -3.39. The van der Waals surface area contributed by atoms with Crippen LogP contribution in [0.15, 0.2) is 4.21 Å². The van der Waals surface area contributed by atoms with E-state index in [4.69, 9.17) is 4.43 Å². The van der Waals surface area contributed by atoms with E-state index in [2.05, 4.69) is 47.7 Å². The lowest BCUT2D eigenvalue weighted by atomic mass is 9.72. The topological polar surface area (TPSA) is 63.6 Å². The summed E-state index contributed by atoms with van der Waals surface area (Å²) in [6, 6.07) is 0. The normalized spacial score (nSPS) is 22.1. The maximum absolute atomic E-state index is 12.4. The van der Waals surface area contributed by atoms with Crippen molar-refractivity contribution in [3.8, 4) is 0 Å². The van der Waals surface area contributed by atoms with E-state index in [-0.39, 0.29) is 16.9 Å². The Morgan fingerprint density at radius 3 is 2.32 bits per heavy atom. The van der Waals surface area contributed by atoms with Gasteiger partial charge in [-0.15, -0.1) is 11.3 Å². The first-order chi connectivity index (χ1) is 11.1. The van der Waals surface area contributed by atoms with Gasteiger partial charge in [0, 0.05) is 16.7 Å². The number of hydrogen-bond acceptors (Lipinski definition) is 5. The molecule has 0 aromatic carbocycles. The van der Waals surface area contributed by atoms with Crippen LogP contribution in [-0.2, 0) is 20.7 Å². The molecule has 1 aliphatic carbocycles. The molecule has 0 fully saturated rings. The van der Waals surface area contributed by atoms with Gasteiger partial charge in [0.1, 0.15) is 4.21 Å². The van der Waals surface area contributed by atoms with Crippen molar-refractivity contribution in [3.05, 3.63) is 16.0 Å². The van der Waals surface area contributed by atoms with E-state index in [9.17, 15) is 13.5 Å². The second kappa shape index (κ2) is 6.75. The molecule has 7 heteroatoms. The third-order valence-electron chi connectivity index (χ3n) is 4.55. The van der Waals surface area contributed by atoms with Crippen molar-refractivity contribution in [1.29, 1.82) is 0 Å². The molecule has 144 valence electrons. The van der Waals surface area contributed by atoms with Crippen LogP contribution in [0.25, 0.3) is 0 Å². The van der Waals surface area contributed by atoms with Crippen LogP contribution in [0.3, 0.4) is 0 Å². The molecule has 0 saturated carbocycles. The number of aliphatic hydroxyl groups excluding tert-OH is 1. The molecule has 1 aromatic rings. The summed E-state index contributed by atoms with van der Waals surface area (Å²) in [5, 5.41) is 10.7. The monoisotopic (exact) mass is 404 g/mol. The fourth-order valence-electron chi connectivity index (χ4n) is 3.59. The minimum absolute atomic E-state index is 0.0608. The predicted octanol–water partition coefficient (Wildman–Crippen LogP) is 4.24. The molecule has 0 saturated heterocycles. The van der Waals surface area contributed by atoms with E-state index in [0.29, 0.717) is 16.2 Å². The van der Waals surface area contributed by atoms with Gasteiger partial charge in [0.15, 0.2) is 18.9 Å². The molecule has 4 nitrogen and oxygen atoms in total. The highest BCUT2D eigenvalue weighted by Gasteiger charge is 2.42. The SMILES string of the molecule is C[SiH](C)OC(c1sc(S(C)(=O)=O)c2c1CC(C)(C)CC2O)C(C)(C)C. The Kier molecular flexibility index (Phi) is 5.69. The van der Waals surface area contributed by atoms with E-state index in [1.54, 1.807) is 0 Å². The Morgan fingerprint density at radius 1 is 1.32 bits per heavy atom. The van der Waals surface area contributed by atoms with Gasteiger partial charge in [-0.25, -0.2) is 8.42 Å². The largest absolute Gasteiger partial charge is 0.412 e. The number of thiophene rings is 1. The molecule has 25 heavy (non-hydrogen) atoms. The lowest BCUT2D eigenvalue weighted by molar-refractivity contribution is 0.0812. The first-order valence-corrected chi connectivity index (χ1v) is 14.3. The Balaban J connectivity index is 2.74. The van der Waals surface area contributed by atoms with Gasteiger partial charge in [0.05, 0.1) is 12.2 Å². The van der Waals surface area contributed by atoms with E-state index in [1.165, 1.54) is 17.6 Å². The van der Waals surface area contributed by atoms with Gasteiger partial charge in [-0.2, -0.15) is 0 Å². The molecule has 0 aliphatic heterocycles. The summed E-state index contributed by atoms with van der Waals surface area (Å²) >= 11 is 1.31. The first kappa shape index (κ1) is 21.1. The minimum Gasteiger partial charge on any atom is -0.412 e. The smallest absolute Gasteiger partial charge is 0.185 e. The Labute approximate surface area is 158 Å². The van der Waals surface area contributed by atoms with E-state index in [0.717, 1.165) is 16.9 Å². The van der Waals surface area contributed by atoms with Crippen molar-refractivity contribution in [2.75, 3.05) is 6.26 Å². The average Bonchev–Trinajstić information content (AvgIpc) is 2.71. The molecule has 1 heterocycles. The zero-order valence-corrected chi connectivity index (χ0v) is 19.4. The van der Waals surface area contributed by atoms with Crippen molar-refractivity contribution in [1.82, 2.24) is 0 Å². The summed E-state index contributed by atoms with van der Waals surface area (Å²) < 4.78 is 31.5. The quantitative estimate of drug-likeness (QED) is 0.762. The number of aliphatic hydroxyl groups is 1. The molecular formula is C18H32O4S2Si. The van der Waals surface area contributed by atoms with Crippen molar-refractivity contribution >= 4 is 30.2 Å². The van der Waals surface area contributed by atoms with Gasteiger partial charge < -0.3 is 9.53 Å². The zero-order chi connectivity index (χ0) is 19.4. The van der Waals surface area contributed by atoms with Gasteiger partial charge in [-0.3, -0.25) is 0 Å². The molecule has 0 amide bonds. The summed E-state index contributed by atoms with van der Waals surface area (Å²) in [6.45, 7) is 14.9. The summed E-state index contributed by atoms with van der Waals surface area (Å²) in [5.74, 6) is 0. The van der Waals surface area contributed by atoms with Crippen molar-refractivity contribution in [2.24, 2.45) is 10.8 Å². The Bertz CT molecular complexity index is 742. The van der Waals surface area contributed by atoms with Crippen LogP contribution >= 0.6 is 11.3 Å². The molecule has 2 unspecified atom stereocenters. The lowest BCUT2D eigenvalue weighted by Gasteiger charge is -2.37. The highest BCUT2D eigenvalue weighted by atomic mass is 32.2. The molecule has 0 radical (unpaired) electrons. The van der Waals surface area contributed by atoms with Gasteiger partial charge in [-0.1, -0.05) is 34.6 Å². The maximum Gasteiger partial charge on any atom is 0.185 e. The second-order valence-electron chi connectivity index (χ2n) is 9.41. The summed E-state index contributed by atoms with van der Waals surface area (Å²) in [4.78, 5) is 0.996. The fourth-order valence-corrected chi connectivity index (χ4v) is 7.70. The van der Waals surface area contributed by atoms with Crippen molar-refractivity contribution in [2.45, 2.75) is 77.0 Å². The van der Waals surface area contributed by atoms with Crippen LogP contribution in [0.1, 0.15) is 69.3 Å². The molecule has 1 N–H and O–H groups in total. The summed E-state index contributed by atoms with van der Waals surface area (Å²) in [6.07, 6.45) is 1.72. The molecule has 1 aromatic heterocycles. The van der Waals surface area contributed by atoms with Crippen molar-refractivity contribution in [3.63, 3.8) is 0 Å². The maximum atomic E-state index is 12.4. The fraction of sp³-hybridized carbons (Fsp3) is 0.778. The third-order valence-corrected chi connectivity index (χ3v) is 8.50. The van der Waals surface area contributed by atoms with E-state index in [1.807, 2.05) is 0 Å². The van der Waals surface area contributed by atoms with Crippen LogP contribution in [0.5, 0.6) is 0 Å². The summed E-state index contributed by atoms with van der Waals surface area (Å²) in [7, 11) is -4.71. The lowest BCUT2D eigenvalue weighted by Crippen LogP contribution is -2.29. The van der Waals surface area contributed by atoms with Crippen LogP contribution in [0, 0.1) is 10.8 Å². The molecule has 2 atom stereocenters.